The van der Waals surface area contributed by atoms with Crippen molar-refractivity contribution < 1.29 is 38.0 Å². The van der Waals surface area contributed by atoms with E-state index in [-0.39, 0.29) is 6.61 Å². The Kier molecular flexibility index (Phi) is 8.69. The van der Waals surface area contributed by atoms with Crippen LogP contribution in [0.25, 0.3) is 0 Å². The molecule has 0 unspecified atom stereocenters. The lowest BCUT2D eigenvalue weighted by atomic mass is 9.95. The van der Waals surface area contributed by atoms with Crippen LogP contribution in [0.5, 0.6) is 0 Å². The molecule has 150 valence electrons. The highest BCUT2D eigenvalue weighted by atomic mass is 16.7. The highest BCUT2D eigenvalue weighted by molar-refractivity contribution is 5.82. The van der Waals surface area contributed by atoms with E-state index in [1.165, 1.54) is 27.4 Å². The molecule has 1 aliphatic rings. The molecular formula is C18H30O8. The first-order valence-electron chi connectivity index (χ1n) is 8.44. The zero-order valence-corrected chi connectivity index (χ0v) is 16.5. The number of rotatable bonds is 7. The van der Waals surface area contributed by atoms with Gasteiger partial charge in [0, 0.05) is 27.4 Å². The van der Waals surface area contributed by atoms with Crippen molar-refractivity contribution >= 4 is 11.9 Å². The van der Waals surface area contributed by atoms with Crippen LogP contribution < -0.4 is 0 Å². The minimum Gasteiger partial charge on any atom is -0.452 e. The maximum Gasteiger partial charge on any atom is 0.330 e. The maximum atomic E-state index is 12.4. The first-order chi connectivity index (χ1) is 12.2. The number of ether oxygens (including phenoxy) is 6. The lowest BCUT2D eigenvalue weighted by Gasteiger charge is -2.44. The van der Waals surface area contributed by atoms with Gasteiger partial charge in [-0.1, -0.05) is 6.08 Å². The minimum absolute atomic E-state index is 0.190. The number of methoxy groups -OCH3 is 3. The molecule has 0 saturated carbocycles. The molecule has 0 amide bonds. The van der Waals surface area contributed by atoms with Crippen LogP contribution in [0.1, 0.15) is 27.7 Å². The molecular weight excluding hydrogens is 344 g/mol. The largest absolute Gasteiger partial charge is 0.452 e. The lowest BCUT2D eigenvalue weighted by molar-refractivity contribution is -0.305. The number of hydrogen-bond donors (Lipinski definition) is 0. The van der Waals surface area contributed by atoms with Crippen LogP contribution in [0.3, 0.4) is 0 Å². The fourth-order valence-electron chi connectivity index (χ4n) is 2.52. The van der Waals surface area contributed by atoms with Gasteiger partial charge in [0.15, 0.2) is 18.5 Å². The Balaban J connectivity index is 3.19. The minimum atomic E-state index is -0.987. The number of carbonyl (C=O) groups excluding carboxylic acids is 2. The Labute approximate surface area is 154 Å². The van der Waals surface area contributed by atoms with Crippen molar-refractivity contribution in [1.29, 1.82) is 0 Å². The second-order valence-corrected chi connectivity index (χ2v) is 6.96. The fourth-order valence-corrected chi connectivity index (χ4v) is 2.52. The van der Waals surface area contributed by atoms with Gasteiger partial charge < -0.3 is 28.4 Å². The van der Waals surface area contributed by atoms with E-state index in [1.54, 1.807) is 33.8 Å². The van der Waals surface area contributed by atoms with Crippen LogP contribution >= 0.6 is 0 Å². The Bertz CT molecular complexity index is 496. The molecule has 0 bridgehead atoms. The summed E-state index contributed by atoms with van der Waals surface area (Å²) in [4.78, 5) is 24.4. The summed E-state index contributed by atoms with van der Waals surface area (Å²) < 4.78 is 32.9. The van der Waals surface area contributed by atoms with Crippen LogP contribution in [0.2, 0.25) is 0 Å². The Morgan fingerprint density at radius 1 is 1.00 bits per heavy atom. The van der Waals surface area contributed by atoms with E-state index in [0.29, 0.717) is 0 Å². The summed E-state index contributed by atoms with van der Waals surface area (Å²) in [6, 6.07) is 0. The number of hydrogen-bond acceptors (Lipinski definition) is 8. The van der Waals surface area contributed by atoms with E-state index >= 15 is 0 Å². The van der Waals surface area contributed by atoms with Gasteiger partial charge in [0.2, 0.25) is 0 Å². The van der Waals surface area contributed by atoms with Gasteiger partial charge in [0.25, 0.3) is 0 Å². The van der Waals surface area contributed by atoms with Gasteiger partial charge in [0.05, 0.1) is 12.0 Å². The second kappa shape index (κ2) is 10.0. The third-order valence-electron chi connectivity index (χ3n) is 3.84. The molecule has 0 aromatic rings. The average molecular weight is 374 g/mol. The van der Waals surface area contributed by atoms with Crippen LogP contribution in [-0.4, -0.2) is 70.6 Å². The third-order valence-corrected chi connectivity index (χ3v) is 3.84. The van der Waals surface area contributed by atoms with Crippen molar-refractivity contribution in [1.82, 2.24) is 0 Å². The van der Waals surface area contributed by atoms with E-state index in [2.05, 4.69) is 0 Å². The highest BCUT2D eigenvalue weighted by Crippen LogP contribution is 2.30. The van der Waals surface area contributed by atoms with Crippen LogP contribution in [-0.2, 0) is 38.0 Å². The molecule has 8 nitrogen and oxygen atoms in total. The van der Waals surface area contributed by atoms with Gasteiger partial charge in [-0.15, -0.1) is 0 Å². The maximum absolute atomic E-state index is 12.4. The van der Waals surface area contributed by atoms with Crippen molar-refractivity contribution in [2.24, 2.45) is 5.41 Å². The molecule has 26 heavy (non-hydrogen) atoms. The predicted molar refractivity (Wildman–Crippen MR) is 92.4 cm³/mol. The summed E-state index contributed by atoms with van der Waals surface area (Å²) in [6.07, 6.45) is -1.28. The van der Waals surface area contributed by atoms with Gasteiger partial charge >= 0.3 is 11.9 Å². The predicted octanol–water partition coefficient (Wildman–Crippen LogP) is 1.46. The summed E-state index contributed by atoms with van der Waals surface area (Å²) in [5.74, 6) is -1.05. The molecule has 0 radical (unpaired) electrons. The summed E-state index contributed by atoms with van der Waals surface area (Å²) >= 11 is 0. The van der Waals surface area contributed by atoms with Gasteiger partial charge in [-0.2, -0.15) is 0 Å². The number of carbonyl (C=O) groups is 2. The normalized spacial score (nSPS) is 29.6. The van der Waals surface area contributed by atoms with E-state index in [4.69, 9.17) is 28.4 Å². The van der Waals surface area contributed by atoms with E-state index in [9.17, 15) is 9.59 Å². The summed E-state index contributed by atoms with van der Waals surface area (Å²) in [5.41, 5.74) is -0.748. The van der Waals surface area contributed by atoms with Crippen LogP contribution in [0, 0.1) is 5.41 Å². The standard InChI is InChI=1S/C18H30O8/c1-8-9-12(19)25-14-13(22-6)11(10-21-5)24-16(23-7)15(14)26-17(20)18(2,3)4/h8-9,11,13-16H,10H2,1-7H3/b9-8+/t11-,13-,14+,15+,16+/m1/s1. The molecule has 1 fully saturated rings. The monoisotopic (exact) mass is 374 g/mol. The van der Waals surface area contributed by atoms with Crippen molar-refractivity contribution in [2.75, 3.05) is 27.9 Å². The van der Waals surface area contributed by atoms with Crippen LogP contribution in [0.15, 0.2) is 12.2 Å². The fraction of sp³-hybridized carbons (Fsp3) is 0.778. The molecule has 0 spiro atoms. The Hall–Kier alpha value is -1.48. The summed E-state index contributed by atoms with van der Waals surface area (Å²) in [5, 5.41) is 0. The zero-order valence-electron chi connectivity index (χ0n) is 16.5. The van der Waals surface area contributed by atoms with Crippen LogP contribution in [0.4, 0.5) is 0 Å². The molecule has 5 atom stereocenters. The lowest BCUT2D eigenvalue weighted by Crippen LogP contribution is -2.62. The molecule has 0 aliphatic carbocycles. The molecule has 0 aromatic heterocycles. The number of allylic oxidation sites excluding steroid dienone is 1. The highest BCUT2D eigenvalue weighted by Gasteiger charge is 2.51. The average Bonchev–Trinajstić information content (AvgIpc) is 2.56. The van der Waals surface area contributed by atoms with Gasteiger partial charge in [-0.25, -0.2) is 4.79 Å². The zero-order chi connectivity index (χ0) is 19.9. The van der Waals surface area contributed by atoms with Crippen molar-refractivity contribution in [3.05, 3.63) is 12.2 Å². The van der Waals surface area contributed by atoms with Crippen molar-refractivity contribution in [3.8, 4) is 0 Å². The topological polar surface area (TPSA) is 89.5 Å². The Morgan fingerprint density at radius 2 is 1.65 bits per heavy atom. The van der Waals surface area contributed by atoms with Gasteiger partial charge in [-0.3, -0.25) is 4.79 Å². The molecule has 0 aromatic carbocycles. The van der Waals surface area contributed by atoms with Gasteiger partial charge in [0.1, 0.15) is 12.2 Å². The number of esters is 2. The van der Waals surface area contributed by atoms with E-state index in [0.717, 1.165) is 0 Å². The molecule has 8 heteroatoms. The van der Waals surface area contributed by atoms with E-state index in [1.807, 2.05) is 0 Å². The first kappa shape index (κ1) is 22.6. The Morgan fingerprint density at radius 3 is 2.12 bits per heavy atom. The molecule has 1 heterocycles. The van der Waals surface area contributed by atoms with Crippen molar-refractivity contribution in [2.45, 2.75) is 58.4 Å². The van der Waals surface area contributed by atoms with E-state index < -0.39 is 48.1 Å². The summed E-state index contributed by atoms with van der Waals surface area (Å²) in [7, 11) is 4.40. The SMILES string of the molecule is C/C=C/C(=O)O[C@@H]1[C@H](OC(=O)C(C)(C)C)[C@@H](OC)O[C@H](COC)[C@H]1OC. The van der Waals surface area contributed by atoms with Gasteiger partial charge in [-0.05, 0) is 27.7 Å². The molecule has 0 N–H and O–H groups in total. The second-order valence-electron chi connectivity index (χ2n) is 6.96. The summed E-state index contributed by atoms with van der Waals surface area (Å²) in [6.45, 7) is 7.06. The smallest absolute Gasteiger partial charge is 0.330 e. The quantitative estimate of drug-likeness (QED) is 0.489. The third kappa shape index (κ3) is 5.77. The molecule has 1 saturated heterocycles. The van der Waals surface area contributed by atoms with Crippen molar-refractivity contribution in [3.63, 3.8) is 0 Å². The molecule has 1 aliphatic heterocycles. The molecule has 1 rings (SSSR count). The first-order valence-corrected chi connectivity index (χ1v) is 8.44.